The molecule has 13 heavy (non-hydrogen) atoms. The van der Waals surface area contributed by atoms with E-state index in [4.69, 9.17) is 4.42 Å². The van der Waals surface area contributed by atoms with Gasteiger partial charge in [-0.2, -0.15) is 0 Å². The minimum Gasteiger partial charge on any atom is -0.418 e. The highest BCUT2D eigenvalue weighted by Crippen LogP contribution is 2.39. The quantitative estimate of drug-likeness (QED) is 0.664. The first kappa shape index (κ1) is 8.41. The van der Waals surface area contributed by atoms with Crippen molar-refractivity contribution in [2.45, 2.75) is 38.5 Å². The van der Waals surface area contributed by atoms with Gasteiger partial charge in [0.25, 0.3) is 5.89 Å². The highest BCUT2D eigenvalue weighted by Gasteiger charge is 2.30. The third-order valence-electron chi connectivity index (χ3n) is 2.08. The SMILES string of the molecule is CCCC(=O)c1nnc(C2CC2)o1. The van der Waals surface area contributed by atoms with Crippen LogP contribution in [0.3, 0.4) is 0 Å². The van der Waals surface area contributed by atoms with Crippen LogP contribution in [0.25, 0.3) is 0 Å². The first-order valence-corrected chi connectivity index (χ1v) is 4.68. The minimum atomic E-state index is -0.0399. The van der Waals surface area contributed by atoms with Crippen molar-refractivity contribution >= 4 is 5.78 Å². The highest BCUT2D eigenvalue weighted by atomic mass is 16.4. The van der Waals surface area contributed by atoms with Gasteiger partial charge in [0, 0.05) is 12.3 Å². The van der Waals surface area contributed by atoms with E-state index in [1.165, 1.54) is 0 Å². The van der Waals surface area contributed by atoms with Crippen LogP contribution in [0.1, 0.15) is 55.1 Å². The molecule has 0 aliphatic heterocycles. The van der Waals surface area contributed by atoms with Crippen LogP contribution in [0.4, 0.5) is 0 Å². The van der Waals surface area contributed by atoms with Gasteiger partial charge in [-0.05, 0) is 19.3 Å². The van der Waals surface area contributed by atoms with Gasteiger partial charge in [-0.15, -0.1) is 10.2 Å². The van der Waals surface area contributed by atoms with E-state index in [9.17, 15) is 4.79 Å². The average Bonchev–Trinajstić information content (AvgIpc) is 2.84. The van der Waals surface area contributed by atoms with Crippen molar-refractivity contribution in [1.82, 2.24) is 10.2 Å². The van der Waals surface area contributed by atoms with E-state index < -0.39 is 0 Å². The summed E-state index contributed by atoms with van der Waals surface area (Å²) in [5.41, 5.74) is 0. The van der Waals surface area contributed by atoms with Gasteiger partial charge >= 0.3 is 0 Å². The summed E-state index contributed by atoms with van der Waals surface area (Å²) >= 11 is 0. The Bertz CT molecular complexity index is 315. The van der Waals surface area contributed by atoms with Crippen molar-refractivity contribution in [3.8, 4) is 0 Å². The maximum Gasteiger partial charge on any atom is 0.283 e. The number of ketones is 1. The van der Waals surface area contributed by atoms with Crippen molar-refractivity contribution in [1.29, 1.82) is 0 Å². The first-order valence-electron chi connectivity index (χ1n) is 4.68. The highest BCUT2D eigenvalue weighted by molar-refractivity contribution is 5.91. The molecule has 1 aromatic heterocycles. The second kappa shape index (κ2) is 3.28. The monoisotopic (exact) mass is 180 g/mol. The Morgan fingerprint density at radius 2 is 2.31 bits per heavy atom. The number of nitrogens with zero attached hydrogens (tertiary/aromatic N) is 2. The molecule has 4 nitrogen and oxygen atoms in total. The number of carbonyl (C=O) groups is 1. The second-order valence-corrected chi connectivity index (χ2v) is 3.39. The normalized spacial score (nSPS) is 16.1. The molecule has 0 N–H and O–H groups in total. The van der Waals surface area contributed by atoms with Crippen LogP contribution < -0.4 is 0 Å². The molecule has 0 amide bonds. The fourth-order valence-electron chi connectivity index (χ4n) is 1.18. The third-order valence-corrected chi connectivity index (χ3v) is 2.08. The molecule has 1 aliphatic carbocycles. The predicted octanol–water partition coefficient (Wildman–Crippen LogP) is 1.93. The summed E-state index contributed by atoms with van der Waals surface area (Å²) in [6, 6.07) is 0. The van der Waals surface area contributed by atoms with Gasteiger partial charge in [0.05, 0.1) is 0 Å². The number of Topliss-reactive ketones (excluding diaryl/α,β-unsaturated/α-hetero) is 1. The summed E-state index contributed by atoms with van der Waals surface area (Å²) < 4.78 is 5.25. The van der Waals surface area contributed by atoms with Crippen LogP contribution in [0.2, 0.25) is 0 Å². The van der Waals surface area contributed by atoms with Gasteiger partial charge in [0.15, 0.2) is 0 Å². The fraction of sp³-hybridized carbons (Fsp3) is 0.667. The Morgan fingerprint density at radius 1 is 1.54 bits per heavy atom. The standard InChI is InChI=1S/C9H12N2O2/c1-2-3-7(12)9-11-10-8(13-9)6-4-5-6/h6H,2-5H2,1H3. The maximum atomic E-state index is 11.3. The molecule has 4 heteroatoms. The Morgan fingerprint density at radius 3 is 2.92 bits per heavy atom. The minimum absolute atomic E-state index is 0.0399. The van der Waals surface area contributed by atoms with Gasteiger partial charge in [-0.3, -0.25) is 4.79 Å². The van der Waals surface area contributed by atoms with E-state index in [0.717, 1.165) is 19.3 Å². The van der Waals surface area contributed by atoms with Crippen molar-refractivity contribution in [2.24, 2.45) is 0 Å². The Hall–Kier alpha value is -1.19. The zero-order valence-corrected chi connectivity index (χ0v) is 7.62. The Labute approximate surface area is 76.3 Å². The first-order chi connectivity index (χ1) is 6.31. The Balaban J connectivity index is 2.07. The topological polar surface area (TPSA) is 56.0 Å². The predicted molar refractivity (Wildman–Crippen MR) is 45.5 cm³/mol. The molecule has 1 heterocycles. The van der Waals surface area contributed by atoms with Crippen LogP contribution in [0, 0.1) is 0 Å². The van der Waals surface area contributed by atoms with Crippen molar-refractivity contribution < 1.29 is 9.21 Å². The number of rotatable bonds is 4. The maximum absolute atomic E-state index is 11.3. The van der Waals surface area contributed by atoms with Gasteiger partial charge < -0.3 is 4.42 Å². The molecule has 70 valence electrons. The smallest absolute Gasteiger partial charge is 0.283 e. The molecule has 0 aromatic carbocycles. The lowest BCUT2D eigenvalue weighted by Crippen LogP contribution is -1.97. The molecule has 0 unspecified atom stereocenters. The number of carbonyl (C=O) groups excluding carboxylic acids is 1. The summed E-state index contributed by atoms with van der Waals surface area (Å²) in [5, 5.41) is 7.57. The summed E-state index contributed by atoms with van der Waals surface area (Å²) in [4.78, 5) is 11.3. The zero-order chi connectivity index (χ0) is 9.26. The van der Waals surface area contributed by atoms with E-state index in [2.05, 4.69) is 10.2 Å². The van der Waals surface area contributed by atoms with Crippen molar-refractivity contribution in [3.63, 3.8) is 0 Å². The second-order valence-electron chi connectivity index (χ2n) is 3.39. The van der Waals surface area contributed by atoms with E-state index >= 15 is 0 Å². The van der Waals surface area contributed by atoms with E-state index in [1.807, 2.05) is 6.92 Å². The van der Waals surface area contributed by atoms with Crippen LogP contribution in [0.15, 0.2) is 4.42 Å². The summed E-state index contributed by atoms with van der Waals surface area (Å²) in [5.74, 6) is 1.21. The molecule has 1 aliphatic rings. The van der Waals surface area contributed by atoms with E-state index in [1.54, 1.807) is 0 Å². The number of hydrogen-bond acceptors (Lipinski definition) is 4. The largest absolute Gasteiger partial charge is 0.418 e. The van der Waals surface area contributed by atoms with Gasteiger partial charge in [-0.25, -0.2) is 0 Å². The zero-order valence-electron chi connectivity index (χ0n) is 7.62. The lowest BCUT2D eigenvalue weighted by atomic mass is 10.2. The summed E-state index contributed by atoms with van der Waals surface area (Å²) in [6.07, 6.45) is 3.54. The Kier molecular flexibility index (Phi) is 2.12. The van der Waals surface area contributed by atoms with Gasteiger partial charge in [-0.1, -0.05) is 6.92 Å². The van der Waals surface area contributed by atoms with Crippen LogP contribution in [-0.4, -0.2) is 16.0 Å². The molecule has 0 spiro atoms. The number of aromatic nitrogens is 2. The summed E-state index contributed by atoms with van der Waals surface area (Å²) in [6.45, 7) is 1.95. The van der Waals surface area contributed by atoms with Crippen LogP contribution >= 0.6 is 0 Å². The molecule has 0 bridgehead atoms. The molecule has 0 atom stereocenters. The molecule has 1 saturated carbocycles. The van der Waals surface area contributed by atoms with Crippen LogP contribution in [0.5, 0.6) is 0 Å². The lowest BCUT2D eigenvalue weighted by Gasteiger charge is -1.89. The third kappa shape index (κ3) is 1.76. The van der Waals surface area contributed by atoms with E-state index in [-0.39, 0.29) is 11.7 Å². The molecule has 1 aromatic rings. The molecular weight excluding hydrogens is 168 g/mol. The molecular formula is C9H12N2O2. The van der Waals surface area contributed by atoms with Gasteiger partial charge in [0.2, 0.25) is 11.7 Å². The van der Waals surface area contributed by atoms with Crippen LogP contribution in [-0.2, 0) is 0 Å². The molecule has 0 saturated heterocycles. The fourth-order valence-corrected chi connectivity index (χ4v) is 1.18. The molecule has 2 rings (SSSR count). The number of hydrogen-bond donors (Lipinski definition) is 0. The van der Waals surface area contributed by atoms with E-state index in [0.29, 0.717) is 18.2 Å². The van der Waals surface area contributed by atoms with Crippen molar-refractivity contribution in [3.05, 3.63) is 11.8 Å². The molecule has 0 radical (unpaired) electrons. The average molecular weight is 180 g/mol. The van der Waals surface area contributed by atoms with Gasteiger partial charge in [0.1, 0.15) is 0 Å². The van der Waals surface area contributed by atoms with Crippen molar-refractivity contribution in [2.75, 3.05) is 0 Å². The lowest BCUT2D eigenvalue weighted by molar-refractivity contribution is 0.0946. The summed E-state index contributed by atoms with van der Waals surface area (Å²) in [7, 11) is 0. The molecule has 1 fully saturated rings.